The van der Waals surface area contributed by atoms with Crippen LogP contribution in [0.1, 0.15) is 16.1 Å². The van der Waals surface area contributed by atoms with E-state index in [1.54, 1.807) is 0 Å². The van der Waals surface area contributed by atoms with Crippen molar-refractivity contribution in [1.29, 1.82) is 0 Å². The highest BCUT2D eigenvalue weighted by Gasteiger charge is 2.25. The molecule has 1 aromatic heterocycles. The van der Waals surface area contributed by atoms with E-state index in [0.717, 1.165) is 10.9 Å². The van der Waals surface area contributed by atoms with E-state index in [1.807, 2.05) is 0 Å². The Morgan fingerprint density at radius 2 is 2.10 bits per heavy atom. The lowest BCUT2D eigenvalue weighted by Crippen LogP contribution is -2.04. The summed E-state index contributed by atoms with van der Waals surface area (Å²) in [4.78, 5) is 20.7. The van der Waals surface area contributed by atoms with Crippen LogP contribution < -0.4 is 0 Å². The second-order valence-corrected chi connectivity index (χ2v) is 3.89. The zero-order valence-corrected chi connectivity index (χ0v) is 10.0. The molecule has 1 heterocycles. The molecule has 0 aliphatic rings. The number of carbonyl (C=O) groups is 1. The Labute approximate surface area is 110 Å². The topological polar surface area (TPSA) is 98.3 Å². The molecule has 7 nitrogen and oxygen atoms in total. The van der Waals surface area contributed by atoms with Crippen LogP contribution in [0.15, 0.2) is 18.3 Å². The second kappa shape index (κ2) is 4.68. The fourth-order valence-corrected chi connectivity index (χ4v) is 1.70. The second-order valence-electron chi connectivity index (χ2n) is 3.89. The molecule has 0 unspecified atom stereocenters. The first-order valence-corrected chi connectivity index (χ1v) is 5.24. The van der Waals surface area contributed by atoms with Gasteiger partial charge in [-0.2, -0.15) is 9.49 Å². The van der Waals surface area contributed by atoms with Crippen LogP contribution in [0, 0.1) is 28.7 Å². The standard InChI is InChI=1S/C11H7F2N3O4/c1-5-7(11(17)18)4-15(14-5)9-3-6(12)2-8(13)10(9)16(19)20/h2-4H,1H3,(H,17,18). The Bertz CT molecular complexity index is 727. The summed E-state index contributed by atoms with van der Waals surface area (Å²) >= 11 is 0. The van der Waals surface area contributed by atoms with Crippen molar-refractivity contribution >= 4 is 11.7 Å². The van der Waals surface area contributed by atoms with Crippen LogP contribution in [0.5, 0.6) is 0 Å². The summed E-state index contributed by atoms with van der Waals surface area (Å²) in [5, 5.41) is 23.4. The summed E-state index contributed by atoms with van der Waals surface area (Å²) < 4.78 is 27.4. The molecule has 0 amide bonds. The molecular weight excluding hydrogens is 276 g/mol. The molecule has 0 atom stereocenters. The highest BCUT2D eigenvalue weighted by Crippen LogP contribution is 2.27. The number of aromatic nitrogens is 2. The molecule has 0 fully saturated rings. The van der Waals surface area contributed by atoms with Gasteiger partial charge in [0.05, 0.1) is 10.6 Å². The third-order valence-electron chi connectivity index (χ3n) is 2.57. The largest absolute Gasteiger partial charge is 0.478 e. The fraction of sp³-hybridized carbons (Fsp3) is 0.0909. The molecule has 104 valence electrons. The van der Waals surface area contributed by atoms with Crippen LogP contribution in [0.2, 0.25) is 0 Å². The summed E-state index contributed by atoms with van der Waals surface area (Å²) in [6, 6.07) is 1.08. The molecule has 0 spiro atoms. The van der Waals surface area contributed by atoms with E-state index in [4.69, 9.17) is 5.11 Å². The molecule has 0 aliphatic heterocycles. The number of hydrogen-bond acceptors (Lipinski definition) is 4. The van der Waals surface area contributed by atoms with Gasteiger partial charge in [0.2, 0.25) is 5.82 Å². The van der Waals surface area contributed by atoms with Crippen molar-refractivity contribution < 1.29 is 23.6 Å². The average Bonchev–Trinajstić information content (AvgIpc) is 2.69. The zero-order valence-electron chi connectivity index (χ0n) is 10.0. The molecule has 0 radical (unpaired) electrons. The van der Waals surface area contributed by atoms with Crippen LogP contribution in [-0.2, 0) is 0 Å². The normalized spacial score (nSPS) is 10.6. The van der Waals surface area contributed by atoms with Gasteiger partial charge >= 0.3 is 11.7 Å². The first-order valence-electron chi connectivity index (χ1n) is 5.24. The number of aromatic carboxylic acids is 1. The number of rotatable bonds is 3. The number of halogens is 2. The minimum atomic E-state index is -1.37. The first kappa shape index (κ1) is 13.6. The number of nitro benzene ring substituents is 1. The van der Waals surface area contributed by atoms with Gasteiger partial charge in [0.1, 0.15) is 17.1 Å². The SMILES string of the molecule is Cc1nn(-c2cc(F)cc(F)c2[N+](=O)[O-])cc1C(=O)O. The van der Waals surface area contributed by atoms with E-state index < -0.39 is 33.9 Å². The summed E-state index contributed by atoms with van der Waals surface area (Å²) in [6.07, 6.45) is 0.957. The summed E-state index contributed by atoms with van der Waals surface area (Å²) in [5.74, 6) is -3.70. The zero-order chi connectivity index (χ0) is 15.0. The van der Waals surface area contributed by atoms with E-state index in [0.29, 0.717) is 12.1 Å². The molecule has 20 heavy (non-hydrogen) atoms. The van der Waals surface area contributed by atoms with Crippen molar-refractivity contribution in [1.82, 2.24) is 9.78 Å². The number of carboxylic acid groups (broad SMARTS) is 1. The number of nitrogens with zero attached hydrogens (tertiary/aromatic N) is 3. The van der Waals surface area contributed by atoms with Gasteiger partial charge in [0, 0.05) is 18.3 Å². The lowest BCUT2D eigenvalue weighted by atomic mass is 10.2. The average molecular weight is 283 g/mol. The molecule has 9 heteroatoms. The van der Waals surface area contributed by atoms with E-state index >= 15 is 0 Å². The van der Waals surface area contributed by atoms with Crippen molar-refractivity contribution in [3.05, 3.63) is 51.3 Å². The molecule has 0 aliphatic carbocycles. The van der Waals surface area contributed by atoms with E-state index in [9.17, 15) is 23.7 Å². The van der Waals surface area contributed by atoms with Crippen LogP contribution in [-0.4, -0.2) is 25.8 Å². The number of benzene rings is 1. The maximum Gasteiger partial charge on any atom is 0.339 e. The van der Waals surface area contributed by atoms with Crippen molar-refractivity contribution in [3.63, 3.8) is 0 Å². The molecule has 2 aromatic rings. The van der Waals surface area contributed by atoms with Crippen molar-refractivity contribution in [2.75, 3.05) is 0 Å². The van der Waals surface area contributed by atoms with Crippen molar-refractivity contribution in [3.8, 4) is 5.69 Å². The van der Waals surface area contributed by atoms with Gasteiger partial charge in [-0.1, -0.05) is 0 Å². The van der Waals surface area contributed by atoms with E-state index in [-0.39, 0.29) is 11.3 Å². The molecule has 0 saturated heterocycles. The molecule has 0 bridgehead atoms. The summed E-state index contributed by atoms with van der Waals surface area (Å²) in [6.45, 7) is 1.36. The van der Waals surface area contributed by atoms with Gasteiger partial charge in [-0.05, 0) is 6.92 Å². The van der Waals surface area contributed by atoms with Crippen LogP contribution in [0.25, 0.3) is 5.69 Å². The van der Waals surface area contributed by atoms with E-state index in [1.165, 1.54) is 6.92 Å². The Kier molecular flexibility index (Phi) is 3.18. The molecule has 1 N–H and O–H groups in total. The minimum absolute atomic E-state index is 0.0662. The van der Waals surface area contributed by atoms with Crippen molar-refractivity contribution in [2.45, 2.75) is 6.92 Å². The third kappa shape index (κ3) is 2.20. The fourth-order valence-electron chi connectivity index (χ4n) is 1.70. The van der Waals surface area contributed by atoms with E-state index in [2.05, 4.69) is 5.10 Å². The molecule has 2 rings (SSSR count). The van der Waals surface area contributed by atoms with Gasteiger partial charge < -0.3 is 5.11 Å². The lowest BCUT2D eigenvalue weighted by molar-refractivity contribution is -0.387. The summed E-state index contributed by atoms with van der Waals surface area (Å²) in [5.41, 5.74) is -1.62. The monoisotopic (exact) mass is 283 g/mol. The smallest absolute Gasteiger partial charge is 0.339 e. The van der Waals surface area contributed by atoms with Crippen LogP contribution >= 0.6 is 0 Å². The Morgan fingerprint density at radius 3 is 2.60 bits per heavy atom. The lowest BCUT2D eigenvalue weighted by Gasteiger charge is -2.04. The molecular formula is C11H7F2N3O4. The Morgan fingerprint density at radius 1 is 1.45 bits per heavy atom. The van der Waals surface area contributed by atoms with Gasteiger partial charge in [0.25, 0.3) is 0 Å². The predicted octanol–water partition coefficient (Wildman–Crippen LogP) is 2.07. The quantitative estimate of drug-likeness (QED) is 0.686. The molecule has 0 saturated carbocycles. The summed E-state index contributed by atoms with van der Waals surface area (Å²) in [7, 11) is 0. The highest BCUT2D eigenvalue weighted by atomic mass is 19.1. The van der Waals surface area contributed by atoms with Gasteiger partial charge in [0.15, 0.2) is 0 Å². The predicted molar refractivity (Wildman–Crippen MR) is 61.8 cm³/mol. The highest BCUT2D eigenvalue weighted by molar-refractivity contribution is 5.88. The van der Waals surface area contributed by atoms with Crippen molar-refractivity contribution in [2.24, 2.45) is 0 Å². The third-order valence-corrected chi connectivity index (χ3v) is 2.57. The Hall–Kier alpha value is -2.84. The minimum Gasteiger partial charge on any atom is -0.478 e. The Balaban J connectivity index is 2.72. The van der Waals surface area contributed by atoms with Crippen LogP contribution in [0.4, 0.5) is 14.5 Å². The van der Waals surface area contributed by atoms with Gasteiger partial charge in [-0.3, -0.25) is 10.1 Å². The number of nitro groups is 1. The number of carboxylic acids is 1. The first-order chi connectivity index (χ1) is 9.31. The van der Waals surface area contributed by atoms with Gasteiger partial charge in [-0.15, -0.1) is 0 Å². The maximum atomic E-state index is 13.5. The number of aryl methyl sites for hydroxylation is 1. The van der Waals surface area contributed by atoms with Gasteiger partial charge in [-0.25, -0.2) is 13.9 Å². The maximum absolute atomic E-state index is 13.5. The molecule has 1 aromatic carbocycles. The van der Waals surface area contributed by atoms with Crippen LogP contribution in [0.3, 0.4) is 0 Å². The number of hydrogen-bond donors (Lipinski definition) is 1.